The van der Waals surface area contributed by atoms with Gasteiger partial charge in [-0.1, -0.05) is 13.8 Å². The molecule has 2 N–H and O–H groups in total. The fourth-order valence-electron chi connectivity index (χ4n) is 3.00. The van der Waals surface area contributed by atoms with E-state index in [2.05, 4.69) is 30.7 Å². The Labute approximate surface area is 115 Å². The number of aromatic nitrogens is 1. The summed E-state index contributed by atoms with van der Waals surface area (Å²) in [6, 6.07) is 3.61. The number of nitrogens with zero attached hydrogens (tertiary/aromatic N) is 2. The van der Waals surface area contributed by atoms with E-state index in [-0.39, 0.29) is 11.9 Å². The molecule has 4 heteroatoms. The molecule has 106 valence electrons. The van der Waals surface area contributed by atoms with Gasteiger partial charge in [0, 0.05) is 19.1 Å². The van der Waals surface area contributed by atoms with Gasteiger partial charge in [-0.2, -0.15) is 0 Å². The van der Waals surface area contributed by atoms with Crippen molar-refractivity contribution in [3.63, 3.8) is 0 Å². The van der Waals surface area contributed by atoms with Crippen LogP contribution in [0.3, 0.4) is 0 Å². The topological polar surface area (TPSA) is 42.1 Å². The predicted molar refractivity (Wildman–Crippen MR) is 75.1 cm³/mol. The zero-order valence-electron chi connectivity index (χ0n) is 12.0. The van der Waals surface area contributed by atoms with Crippen LogP contribution in [-0.4, -0.2) is 29.0 Å². The van der Waals surface area contributed by atoms with Gasteiger partial charge in [0.15, 0.2) is 0 Å². The first kappa shape index (κ1) is 14.4. The van der Waals surface area contributed by atoms with Gasteiger partial charge in [-0.25, -0.2) is 4.39 Å². The fourth-order valence-corrected chi connectivity index (χ4v) is 3.00. The summed E-state index contributed by atoms with van der Waals surface area (Å²) >= 11 is 0. The third kappa shape index (κ3) is 3.51. The highest BCUT2D eigenvalue weighted by Crippen LogP contribution is 2.26. The summed E-state index contributed by atoms with van der Waals surface area (Å²) in [5.74, 6) is 0.763. The number of hydrogen-bond acceptors (Lipinski definition) is 3. The summed E-state index contributed by atoms with van der Waals surface area (Å²) in [6.07, 6.45) is 2.50. The van der Waals surface area contributed by atoms with Crippen LogP contribution in [0, 0.1) is 17.7 Å². The molecule has 0 amide bonds. The van der Waals surface area contributed by atoms with Crippen LogP contribution in [0.4, 0.5) is 4.39 Å². The Morgan fingerprint density at radius 2 is 2.21 bits per heavy atom. The number of hydrogen-bond donors (Lipinski definition) is 1. The Bertz CT molecular complexity index is 406. The van der Waals surface area contributed by atoms with Crippen LogP contribution in [0.2, 0.25) is 0 Å². The highest BCUT2D eigenvalue weighted by molar-refractivity contribution is 5.10. The first-order chi connectivity index (χ1) is 8.97. The van der Waals surface area contributed by atoms with Gasteiger partial charge in [0.1, 0.15) is 5.82 Å². The molecule has 0 saturated carbocycles. The highest BCUT2D eigenvalue weighted by Gasteiger charge is 2.28. The first-order valence-corrected chi connectivity index (χ1v) is 7.08. The Balaban J connectivity index is 1.95. The molecule has 1 aromatic heterocycles. The first-order valence-electron chi connectivity index (χ1n) is 7.08. The van der Waals surface area contributed by atoms with Crippen LogP contribution in [0.5, 0.6) is 0 Å². The van der Waals surface area contributed by atoms with Gasteiger partial charge >= 0.3 is 0 Å². The average molecular weight is 265 g/mol. The van der Waals surface area contributed by atoms with E-state index in [0.29, 0.717) is 12.0 Å². The van der Waals surface area contributed by atoms with Crippen molar-refractivity contribution >= 4 is 0 Å². The Hall–Kier alpha value is -1.00. The van der Waals surface area contributed by atoms with E-state index < -0.39 is 0 Å². The quantitative estimate of drug-likeness (QED) is 0.910. The van der Waals surface area contributed by atoms with Crippen molar-refractivity contribution < 1.29 is 4.39 Å². The molecule has 1 fully saturated rings. The molecule has 0 aromatic carbocycles. The smallest absolute Gasteiger partial charge is 0.141 e. The van der Waals surface area contributed by atoms with E-state index in [1.807, 2.05) is 0 Å². The monoisotopic (exact) mass is 265 g/mol. The van der Waals surface area contributed by atoms with Gasteiger partial charge in [-0.3, -0.25) is 4.98 Å². The normalized spacial score (nSPS) is 27.4. The van der Waals surface area contributed by atoms with Gasteiger partial charge in [-0.15, -0.1) is 0 Å². The molecule has 0 spiro atoms. The summed E-state index contributed by atoms with van der Waals surface area (Å²) in [5.41, 5.74) is 7.01. The van der Waals surface area contributed by atoms with E-state index in [9.17, 15) is 4.39 Å². The van der Waals surface area contributed by atoms with E-state index in [0.717, 1.165) is 24.7 Å². The zero-order chi connectivity index (χ0) is 14.0. The molecule has 3 nitrogen and oxygen atoms in total. The van der Waals surface area contributed by atoms with Crippen LogP contribution in [0.15, 0.2) is 18.3 Å². The summed E-state index contributed by atoms with van der Waals surface area (Å²) in [4.78, 5) is 6.59. The summed E-state index contributed by atoms with van der Waals surface area (Å²) in [7, 11) is 0. The lowest BCUT2D eigenvalue weighted by atomic mass is 9.98. The van der Waals surface area contributed by atoms with Crippen molar-refractivity contribution in [3.8, 4) is 0 Å². The van der Waals surface area contributed by atoms with Crippen LogP contribution in [0.1, 0.15) is 38.9 Å². The van der Waals surface area contributed by atoms with E-state index in [4.69, 9.17) is 5.73 Å². The second-order valence-corrected chi connectivity index (χ2v) is 6.05. The Morgan fingerprint density at radius 1 is 1.47 bits per heavy atom. The van der Waals surface area contributed by atoms with Crippen molar-refractivity contribution in [1.29, 1.82) is 0 Å². The maximum atomic E-state index is 12.9. The Morgan fingerprint density at radius 3 is 2.74 bits per heavy atom. The van der Waals surface area contributed by atoms with Gasteiger partial charge in [-0.05, 0) is 37.3 Å². The molecule has 1 aliphatic rings. The Kier molecular flexibility index (Phi) is 4.53. The lowest BCUT2D eigenvalue weighted by molar-refractivity contribution is 0.213. The van der Waals surface area contributed by atoms with Crippen LogP contribution >= 0.6 is 0 Å². The molecule has 4 unspecified atom stereocenters. The molecule has 4 atom stereocenters. The molecular weight excluding hydrogens is 241 g/mol. The second kappa shape index (κ2) is 5.97. The molecule has 1 saturated heterocycles. The molecule has 1 aromatic rings. The number of pyridine rings is 1. The third-order valence-electron chi connectivity index (χ3n) is 4.14. The number of nitrogens with two attached hydrogens (primary N) is 1. The minimum absolute atomic E-state index is 0.135. The lowest BCUT2D eigenvalue weighted by Gasteiger charge is -2.28. The van der Waals surface area contributed by atoms with E-state index >= 15 is 0 Å². The third-order valence-corrected chi connectivity index (χ3v) is 4.14. The van der Waals surface area contributed by atoms with Gasteiger partial charge < -0.3 is 10.6 Å². The maximum Gasteiger partial charge on any atom is 0.141 e. The molecule has 19 heavy (non-hydrogen) atoms. The van der Waals surface area contributed by atoms with Crippen molar-refractivity contribution in [2.75, 3.05) is 13.1 Å². The summed E-state index contributed by atoms with van der Waals surface area (Å²) < 4.78 is 12.9. The number of likely N-dealkylation sites (tertiary alicyclic amines) is 1. The highest BCUT2D eigenvalue weighted by atomic mass is 19.1. The average Bonchev–Trinajstić information content (AvgIpc) is 2.68. The van der Waals surface area contributed by atoms with Gasteiger partial charge in [0.2, 0.25) is 0 Å². The standard InChI is InChI=1S/C15H24FN3/c1-10-6-12(3)19(8-10)9-11(2)15(17)14-5-4-13(16)7-18-14/h4-5,7,10-12,15H,6,8-9,17H2,1-3H3. The molecule has 0 bridgehead atoms. The minimum atomic E-state index is -0.314. The van der Waals surface area contributed by atoms with Crippen LogP contribution in [-0.2, 0) is 0 Å². The van der Waals surface area contributed by atoms with Gasteiger partial charge in [0.05, 0.1) is 17.9 Å². The van der Waals surface area contributed by atoms with Crippen molar-refractivity contribution in [2.24, 2.45) is 17.6 Å². The molecule has 0 aliphatic carbocycles. The van der Waals surface area contributed by atoms with E-state index in [1.54, 1.807) is 6.07 Å². The predicted octanol–water partition coefficient (Wildman–Crippen LogP) is 2.59. The zero-order valence-corrected chi connectivity index (χ0v) is 12.0. The molecule has 1 aliphatic heterocycles. The van der Waals surface area contributed by atoms with Crippen molar-refractivity contribution in [1.82, 2.24) is 9.88 Å². The SMILES string of the molecule is CC1CC(C)N(CC(C)C(N)c2ccc(F)cn2)C1. The van der Waals surface area contributed by atoms with Crippen molar-refractivity contribution in [3.05, 3.63) is 29.8 Å². The minimum Gasteiger partial charge on any atom is -0.322 e. The fraction of sp³-hybridized carbons (Fsp3) is 0.667. The van der Waals surface area contributed by atoms with E-state index in [1.165, 1.54) is 18.7 Å². The molecule has 2 rings (SSSR count). The van der Waals surface area contributed by atoms with Crippen LogP contribution < -0.4 is 5.73 Å². The largest absolute Gasteiger partial charge is 0.322 e. The van der Waals surface area contributed by atoms with Crippen LogP contribution in [0.25, 0.3) is 0 Å². The number of rotatable bonds is 4. The summed E-state index contributed by atoms with van der Waals surface area (Å²) in [6.45, 7) is 8.84. The lowest BCUT2D eigenvalue weighted by Crippen LogP contribution is -2.36. The molecule has 2 heterocycles. The maximum absolute atomic E-state index is 12.9. The second-order valence-electron chi connectivity index (χ2n) is 6.05. The summed E-state index contributed by atoms with van der Waals surface area (Å²) in [5, 5.41) is 0. The number of halogens is 1. The molecule has 0 radical (unpaired) electrons. The molecular formula is C15H24FN3. The van der Waals surface area contributed by atoms with Gasteiger partial charge in [0.25, 0.3) is 0 Å². The van der Waals surface area contributed by atoms with Crippen molar-refractivity contribution in [2.45, 2.75) is 39.3 Å².